The Morgan fingerprint density at radius 3 is 2.63 bits per heavy atom. The number of benzene rings is 1. The van der Waals surface area contributed by atoms with Crippen molar-refractivity contribution in [1.82, 2.24) is 14.6 Å². The Bertz CT molecular complexity index is 1080. The van der Waals surface area contributed by atoms with Crippen LogP contribution in [0.15, 0.2) is 40.9 Å². The van der Waals surface area contributed by atoms with Crippen molar-refractivity contribution in [2.75, 3.05) is 13.7 Å². The van der Waals surface area contributed by atoms with Gasteiger partial charge in [0.15, 0.2) is 17.4 Å². The van der Waals surface area contributed by atoms with E-state index >= 15 is 0 Å². The summed E-state index contributed by atoms with van der Waals surface area (Å²) in [5, 5.41) is 4.07. The van der Waals surface area contributed by atoms with Crippen LogP contribution in [-0.4, -0.2) is 34.2 Å². The van der Waals surface area contributed by atoms with Crippen LogP contribution in [0, 0.1) is 26.6 Å². The first-order chi connectivity index (χ1) is 14.3. The van der Waals surface area contributed by atoms with E-state index in [9.17, 15) is 9.18 Å². The monoisotopic (exact) mass is 411 g/mol. The zero-order chi connectivity index (χ0) is 21.8. The molecule has 7 heteroatoms. The highest BCUT2D eigenvalue weighted by Gasteiger charge is 2.14. The lowest BCUT2D eigenvalue weighted by Crippen LogP contribution is -2.28. The normalized spacial score (nSPS) is 11.3. The van der Waals surface area contributed by atoms with Crippen molar-refractivity contribution in [3.63, 3.8) is 0 Å². The highest BCUT2D eigenvalue weighted by Crippen LogP contribution is 2.22. The predicted octanol–water partition coefficient (Wildman–Crippen LogP) is 4.60. The summed E-state index contributed by atoms with van der Waals surface area (Å²) in [6.45, 7) is 8.51. The van der Waals surface area contributed by atoms with Gasteiger partial charge in [-0.1, -0.05) is 11.2 Å². The molecule has 0 unspecified atom stereocenters. The quantitative estimate of drug-likeness (QED) is 0.533. The molecule has 1 aromatic carbocycles. The van der Waals surface area contributed by atoms with Gasteiger partial charge < -0.3 is 14.2 Å². The molecule has 2 aromatic heterocycles. The first-order valence-corrected chi connectivity index (χ1v) is 9.76. The van der Waals surface area contributed by atoms with Crippen molar-refractivity contribution in [2.45, 2.75) is 34.2 Å². The maximum atomic E-state index is 13.9. The molecule has 3 rings (SSSR count). The lowest BCUT2D eigenvalue weighted by molar-refractivity contribution is -0.126. The van der Waals surface area contributed by atoms with Crippen molar-refractivity contribution in [2.24, 2.45) is 0 Å². The number of amides is 1. The second-order valence-electron chi connectivity index (χ2n) is 7.11. The second kappa shape index (κ2) is 8.98. The Morgan fingerprint density at radius 2 is 2.03 bits per heavy atom. The summed E-state index contributed by atoms with van der Waals surface area (Å²) in [6, 6.07) is 8.59. The molecule has 1 amide bonds. The smallest absolute Gasteiger partial charge is 0.246 e. The molecule has 0 saturated heterocycles. The van der Waals surface area contributed by atoms with Gasteiger partial charge in [0.2, 0.25) is 5.91 Å². The van der Waals surface area contributed by atoms with E-state index in [0.717, 1.165) is 22.7 Å². The summed E-state index contributed by atoms with van der Waals surface area (Å²) >= 11 is 0. The Balaban J connectivity index is 1.76. The summed E-state index contributed by atoms with van der Waals surface area (Å²) in [5.41, 5.74) is 3.59. The Morgan fingerprint density at radius 1 is 1.27 bits per heavy atom. The van der Waals surface area contributed by atoms with Crippen molar-refractivity contribution >= 4 is 12.0 Å². The zero-order valence-corrected chi connectivity index (χ0v) is 17.9. The van der Waals surface area contributed by atoms with Crippen LogP contribution in [0.1, 0.15) is 35.2 Å². The van der Waals surface area contributed by atoms with Gasteiger partial charge in [-0.2, -0.15) is 0 Å². The summed E-state index contributed by atoms with van der Waals surface area (Å²) in [7, 11) is 1.42. The van der Waals surface area contributed by atoms with Gasteiger partial charge in [0.1, 0.15) is 5.76 Å². The maximum absolute atomic E-state index is 13.9. The van der Waals surface area contributed by atoms with Gasteiger partial charge >= 0.3 is 0 Å². The fourth-order valence-electron chi connectivity index (χ4n) is 3.41. The van der Waals surface area contributed by atoms with Crippen LogP contribution in [0.3, 0.4) is 0 Å². The number of likely N-dealkylation sites (N-methyl/N-ethyl adjacent to an activating group) is 1. The standard InChI is InChI=1S/C23H26FN3O3/c1-6-26(14-18-7-9-21(29-5)20(24)13-18)23(28)10-8-19-11-15(2)27(17(19)4)22-12-16(3)30-25-22/h7-13H,6,14H2,1-5H3/b10-8+. The van der Waals surface area contributed by atoms with Crippen molar-refractivity contribution in [3.05, 3.63) is 70.5 Å². The van der Waals surface area contributed by atoms with E-state index in [1.165, 1.54) is 13.2 Å². The number of halogens is 1. The number of carbonyl (C=O) groups is 1. The van der Waals surface area contributed by atoms with E-state index in [-0.39, 0.29) is 11.7 Å². The van der Waals surface area contributed by atoms with Crippen molar-refractivity contribution in [3.8, 4) is 11.6 Å². The Hall–Kier alpha value is -3.35. The number of rotatable bonds is 7. The number of aromatic nitrogens is 2. The van der Waals surface area contributed by atoms with E-state index in [4.69, 9.17) is 9.26 Å². The number of ether oxygens (including phenoxy) is 1. The van der Waals surface area contributed by atoms with Gasteiger partial charge in [0, 0.05) is 36.6 Å². The summed E-state index contributed by atoms with van der Waals surface area (Å²) in [5.74, 6) is 1.05. The Kier molecular flexibility index (Phi) is 6.40. The number of hydrogen-bond donors (Lipinski definition) is 0. The van der Waals surface area contributed by atoms with Crippen LogP contribution in [0.5, 0.6) is 5.75 Å². The van der Waals surface area contributed by atoms with E-state index < -0.39 is 5.82 Å². The molecule has 0 aliphatic carbocycles. The summed E-state index contributed by atoms with van der Waals surface area (Å²) in [4.78, 5) is 14.4. The minimum absolute atomic E-state index is 0.143. The number of hydrogen-bond acceptors (Lipinski definition) is 4. The third kappa shape index (κ3) is 4.45. The number of nitrogens with zero attached hydrogens (tertiary/aromatic N) is 3. The van der Waals surface area contributed by atoms with Gasteiger partial charge in [-0.05, 0) is 63.1 Å². The third-order valence-electron chi connectivity index (χ3n) is 5.00. The van der Waals surface area contributed by atoms with E-state index in [1.54, 1.807) is 29.2 Å². The van der Waals surface area contributed by atoms with Crippen molar-refractivity contribution in [1.29, 1.82) is 0 Å². The third-order valence-corrected chi connectivity index (χ3v) is 5.00. The van der Waals surface area contributed by atoms with E-state index in [0.29, 0.717) is 24.5 Å². The highest BCUT2D eigenvalue weighted by molar-refractivity contribution is 5.92. The minimum atomic E-state index is -0.440. The van der Waals surface area contributed by atoms with Gasteiger partial charge in [0.25, 0.3) is 0 Å². The largest absolute Gasteiger partial charge is 0.494 e. The fourth-order valence-corrected chi connectivity index (χ4v) is 3.41. The van der Waals surface area contributed by atoms with Crippen LogP contribution in [0.25, 0.3) is 11.9 Å². The van der Waals surface area contributed by atoms with E-state index in [2.05, 4.69) is 5.16 Å². The van der Waals surface area contributed by atoms with E-state index in [1.807, 2.05) is 44.4 Å². The molecule has 0 fully saturated rings. The average molecular weight is 411 g/mol. The maximum Gasteiger partial charge on any atom is 0.246 e. The first kappa shape index (κ1) is 21.4. The zero-order valence-electron chi connectivity index (χ0n) is 17.9. The summed E-state index contributed by atoms with van der Waals surface area (Å²) < 4.78 is 26.1. The highest BCUT2D eigenvalue weighted by atomic mass is 19.1. The molecule has 0 aliphatic heterocycles. The molecular formula is C23H26FN3O3. The molecule has 0 spiro atoms. The van der Waals surface area contributed by atoms with Crippen LogP contribution in [0.2, 0.25) is 0 Å². The van der Waals surface area contributed by atoms with Crippen LogP contribution in [0.4, 0.5) is 4.39 Å². The van der Waals surface area contributed by atoms with Gasteiger partial charge in [0.05, 0.1) is 7.11 Å². The molecule has 0 radical (unpaired) electrons. The van der Waals surface area contributed by atoms with Crippen LogP contribution < -0.4 is 4.74 Å². The lowest BCUT2D eigenvalue weighted by atomic mass is 10.2. The second-order valence-corrected chi connectivity index (χ2v) is 7.11. The topological polar surface area (TPSA) is 60.5 Å². The van der Waals surface area contributed by atoms with Gasteiger partial charge in [-0.3, -0.25) is 9.36 Å². The fraction of sp³-hybridized carbons (Fsp3) is 0.304. The minimum Gasteiger partial charge on any atom is -0.494 e. The number of aryl methyl sites for hydroxylation is 2. The molecular weight excluding hydrogens is 385 g/mol. The molecule has 0 saturated carbocycles. The molecule has 0 bridgehead atoms. The molecule has 3 aromatic rings. The molecule has 0 aliphatic rings. The SMILES string of the molecule is CCN(Cc1ccc(OC)c(F)c1)C(=O)/C=C/c1cc(C)n(-c2cc(C)on2)c1C. The Labute approximate surface area is 175 Å². The molecule has 6 nitrogen and oxygen atoms in total. The number of carbonyl (C=O) groups excluding carboxylic acids is 1. The summed E-state index contributed by atoms with van der Waals surface area (Å²) in [6.07, 6.45) is 3.34. The molecule has 158 valence electrons. The van der Waals surface area contributed by atoms with Gasteiger partial charge in [-0.25, -0.2) is 4.39 Å². The molecule has 0 atom stereocenters. The molecule has 2 heterocycles. The van der Waals surface area contributed by atoms with Crippen LogP contribution >= 0.6 is 0 Å². The molecule has 30 heavy (non-hydrogen) atoms. The molecule has 0 N–H and O–H groups in total. The van der Waals surface area contributed by atoms with Crippen LogP contribution in [-0.2, 0) is 11.3 Å². The van der Waals surface area contributed by atoms with Crippen molar-refractivity contribution < 1.29 is 18.4 Å². The average Bonchev–Trinajstić information content (AvgIpc) is 3.26. The number of methoxy groups -OCH3 is 1. The lowest BCUT2D eigenvalue weighted by Gasteiger charge is -2.19. The van der Waals surface area contributed by atoms with Gasteiger partial charge in [-0.15, -0.1) is 0 Å². The predicted molar refractivity (Wildman–Crippen MR) is 113 cm³/mol. The first-order valence-electron chi connectivity index (χ1n) is 9.76.